The van der Waals surface area contributed by atoms with E-state index in [0.717, 1.165) is 5.56 Å². The van der Waals surface area contributed by atoms with Gasteiger partial charge in [0.2, 0.25) is 0 Å². The molecule has 2 aromatic carbocycles. The van der Waals surface area contributed by atoms with Gasteiger partial charge in [-0.2, -0.15) is 0 Å². The highest BCUT2D eigenvalue weighted by atomic mass is 35.5. The standard InChI is InChI=1S/C17H15Cl3N4O2/c1-25-16-5-11(7-23-24-9-21-22-10-24)15(20)6-17(16)26-8-12-13(18)3-2-4-14(12)19/h2-6,9-10,23H,7-8H2,1H3. The number of hydrogen-bond donors (Lipinski definition) is 1. The zero-order valence-electron chi connectivity index (χ0n) is 13.7. The molecule has 0 amide bonds. The van der Waals surface area contributed by atoms with Crippen molar-refractivity contribution in [3.05, 3.63) is 69.2 Å². The summed E-state index contributed by atoms with van der Waals surface area (Å²) in [5, 5.41) is 9.06. The van der Waals surface area contributed by atoms with Crippen molar-refractivity contribution in [2.45, 2.75) is 13.2 Å². The van der Waals surface area contributed by atoms with E-state index in [1.54, 1.807) is 48.7 Å². The Hall–Kier alpha value is -2.15. The maximum Gasteiger partial charge on any atom is 0.163 e. The van der Waals surface area contributed by atoms with Crippen molar-refractivity contribution < 1.29 is 9.47 Å². The Bertz CT molecular complexity index is 868. The van der Waals surface area contributed by atoms with E-state index in [1.807, 2.05) is 6.07 Å². The first-order chi connectivity index (χ1) is 12.6. The fourth-order valence-corrected chi connectivity index (χ4v) is 2.99. The Morgan fingerprint density at radius 3 is 2.35 bits per heavy atom. The average molecular weight is 414 g/mol. The SMILES string of the molecule is COc1cc(CNn2cnnc2)c(Cl)cc1OCc1c(Cl)cccc1Cl. The number of halogens is 3. The number of benzene rings is 2. The summed E-state index contributed by atoms with van der Waals surface area (Å²) in [6.45, 7) is 0.660. The second kappa shape index (κ2) is 8.49. The van der Waals surface area contributed by atoms with Crippen molar-refractivity contribution in [1.82, 2.24) is 14.9 Å². The van der Waals surface area contributed by atoms with Crippen LogP contribution < -0.4 is 14.9 Å². The van der Waals surface area contributed by atoms with Gasteiger partial charge in [0, 0.05) is 26.7 Å². The van der Waals surface area contributed by atoms with Crippen molar-refractivity contribution in [3.8, 4) is 11.5 Å². The van der Waals surface area contributed by atoms with Crippen LogP contribution in [0.2, 0.25) is 15.1 Å². The van der Waals surface area contributed by atoms with E-state index in [2.05, 4.69) is 15.6 Å². The number of aromatic nitrogens is 3. The molecule has 0 fully saturated rings. The third kappa shape index (κ3) is 4.33. The summed E-state index contributed by atoms with van der Waals surface area (Å²) in [6, 6.07) is 8.81. The molecular formula is C17H15Cl3N4O2. The molecule has 0 unspecified atom stereocenters. The molecule has 0 saturated heterocycles. The lowest BCUT2D eigenvalue weighted by Crippen LogP contribution is -2.12. The van der Waals surface area contributed by atoms with Crippen molar-refractivity contribution in [1.29, 1.82) is 0 Å². The van der Waals surface area contributed by atoms with E-state index in [9.17, 15) is 0 Å². The maximum absolute atomic E-state index is 6.37. The summed E-state index contributed by atoms with van der Waals surface area (Å²) < 4.78 is 12.9. The minimum absolute atomic E-state index is 0.198. The van der Waals surface area contributed by atoms with Gasteiger partial charge in [0.15, 0.2) is 11.5 Å². The van der Waals surface area contributed by atoms with Gasteiger partial charge in [0.25, 0.3) is 0 Å². The third-order valence-corrected chi connectivity index (χ3v) is 4.70. The summed E-state index contributed by atoms with van der Waals surface area (Å²) in [6.07, 6.45) is 3.10. The fourth-order valence-electron chi connectivity index (χ4n) is 2.26. The van der Waals surface area contributed by atoms with Crippen molar-refractivity contribution in [3.63, 3.8) is 0 Å². The third-order valence-electron chi connectivity index (χ3n) is 3.64. The van der Waals surface area contributed by atoms with E-state index in [4.69, 9.17) is 44.3 Å². The first-order valence-electron chi connectivity index (χ1n) is 7.59. The number of nitrogens with one attached hydrogen (secondary N) is 1. The number of rotatable bonds is 7. The highest BCUT2D eigenvalue weighted by Crippen LogP contribution is 2.35. The second-order valence-electron chi connectivity index (χ2n) is 5.29. The van der Waals surface area contributed by atoms with Crippen LogP contribution in [0.3, 0.4) is 0 Å². The molecule has 26 heavy (non-hydrogen) atoms. The van der Waals surface area contributed by atoms with Gasteiger partial charge in [-0.05, 0) is 23.8 Å². The second-order valence-corrected chi connectivity index (χ2v) is 6.51. The van der Waals surface area contributed by atoms with Crippen LogP contribution in [0.15, 0.2) is 43.0 Å². The van der Waals surface area contributed by atoms with Crippen LogP contribution in [0, 0.1) is 0 Å². The van der Waals surface area contributed by atoms with Gasteiger partial charge in [-0.25, -0.2) is 4.68 Å². The predicted molar refractivity (Wildman–Crippen MR) is 102 cm³/mol. The van der Waals surface area contributed by atoms with Gasteiger partial charge in [-0.1, -0.05) is 40.9 Å². The number of hydrogen-bond acceptors (Lipinski definition) is 5. The van der Waals surface area contributed by atoms with Crippen LogP contribution in [0.1, 0.15) is 11.1 Å². The lowest BCUT2D eigenvalue weighted by atomic mass is 10.2. The molecule has 9 heteroatoms. The molecule has 1 heterocycles. The molecule has 1 N–H and O–H groups in total. The predicted octanol–water partition coefficient (Wildman–Crippen LogP) is 4.57. The van der Waals surface area contributed by atoms with Crippen molar-refractivity contribution in [2.24, 2.45) is 0 Å². The molecule has 0 bridgehead atoms. The van der Waals surface area contributed by atoms with Crippen molar-refractivity contribution >= 4 is 34.8 Å². The highest BCUT2D eigenvalue weighted by Gasteiger charge is 2.13. The van der Waals surface area contributed by atoms with E-state index in [-0.39, 0.29) is 6.61 Å². The van der Waals surface area contributed by atoms with Gasteiger partial charge in [0.05, 0.1) is 13.7 Å². The molecule has 0 saturated carbocycles. The van der Waals surface area contributed by atoms with Gasteiger partial charge >= 0.3 is 0 Å². The first kappa shape index (κ1) is 18.6. The summed E-state index contributed by atoms with van der Waals surface area (Å²) in [7, 11) is 1.57. The van der Waals surface area contributed by atoms with Crippen LogP contribution in [-0.2, 0) is 13.2 Å². The monoisotopic (exact) mass is 412 g/mol. The van der Waals surface area contributed by atoms with Crippen LogP contribution in [-0.4, -0.2) is 22.0 Å². The molecule has 3 aromatic rings. The molecule has 3 rings (SSSR count). The average Bonchev–Trinajstić information content (AvgIpc) is 3.14. The quantitative estimate of drug-likeness (QED) is 0.615. The first-order valence-corrected chi connectivity index (χ1v) is 8.72. The van der Waals surface area contributed by atoms with E-state index < -0.39 is 0 Å². The molecule has 0 aliphatic rings. The Morgan fingerprint density at radius 1 is 1.00 bits per heavy atom. The lowest BCUT2D eigenvalue weighted by Gasteiger charge is -2.15. The van der Waals surface area contributed by atoms with E-state index >= 15 is 0 Å². The van der Waals surface area contributed by atoms with Crippen LogP contribution in [0.5, 0.6) is 11.5 Å². The van der Waals surface area contributed by atoms with Crippen LogP contribution >= 0.6 is 34.8 Å². The van der Waals surface area contributed by atoms with Crippen LogP contribution in [0.25, 0.3) is 0 Å². The molecule has 0 radical (unpaired) electrons. The molecule has 0 spiro atoms. The molecule has 0 aliphatic heterocycles. The smallest absolute Gasteiger partial charge is 0.163 e. The highest BCUT2D eigenvalue weighted by molar-refractivity contribution is 6.36. The minimum atomic E-state index is 0.198. The summed E-state index contributed by atoms with van der Waals surface area (Å²) >= 11 is 18.7. The molecule has 0 aliphatic carbocycles. The summed E-state index contributed by atoms with van der Waals surface area (Å²) in [5.74, 6) is 1.06. The number of ether oxygens (including phenoxy) is 2. The van der Waals surface area contributed by atoms with Crippen LogP contribution in [0.4, 0.5) is 0 Å². The van der Waals surface area contributed by atoms with E-state index in [0.29, 0.717) is 38.7 Å². The Kier molecular flexibility index (Phi) is 6.08. The number of methoxy groups -OCH3 is 1. The van der Waals surface area contributed by atoms with Gasteiger partial charge < -0.3 is 14.9 Å². The minimum Gasteiger partial charge on any atom is -0.493 e. The maximum atomic E-state index is 6.37. The van der Waals surface area contributed by atoms with Crippen molar-refractivity contribution in [2.75, 3.05) is 12.5 Å². The number of nitrogens with zero attached hydrogens (tertiary/aromatic N) is 3. The Labute approximate surface area is 165 Å². The molecule has 1 aromatic heterocycles. The van der Waals surface area contributed by atoms with Gasteiger partial charge in [-0.3, -0.25) is 0 Å². The largest absolute Gasteiger partial charge is 0.493 e. The molecule has 6 nitrogen and oxygen atoms in total. The normalized spacial score (nSPS) is 10.6. The molecular weight excluding hydrogens is 399 g/mol. The fraction of sp³-hybridized carbons (Fsp3) is 0.176. The molecule has 0 atom stereocenters. The van der Waals surface area contributed by atoms with E-state index in [1.165, 1.54) is 0 Å². The Balaban J connectivity index is 1.76. The summed E-state index contributed by atoms with van der Waals surface area (Å²) in [5.41, 5.74) is 4.64. The zero-order chi connectivity index (χ0) is 18.5. The summed E-state index contributed by atoms with van der Waals surface area (Å²) in [4.78, 5) is 0. The topological polar surface area (TPSA) is 61.2 Å². The van der Waals surface area contributed by atoms with Gasteiger partial charge in [-0.15, -0.1) is 10.2 Å². The lowest BCUT2D eigenvalue weighted by molar-refractivity contribution is 0.284. The van der Waals surface area contributed by atoms with Gasteiger partial charge in [0.1, 0.15) is 19.3 Å². The Morgan fingerprint density at radius 2 is 1.69 bits per heavy atom. The molecule has 136 valence electrons. The zero-order valence-corrected chi connectivity index (χ0v) is 16.0.